The SMILES string of the molecule is CC[C@H](CO)O[C@H](CO)n1cnc2c(NC(=O)c3ccccc3)ncnc21. The van der Waals surface area contributed by atoms with Crippen LogP contribution in [0, 0.1) is 0 Å². The van der Waals surface area contributed by atoms with Gasteiger partial charge in [0.05, 0.1) is 25.6 Å². The second kappa shape index (κ2) is 8.67. The molecule has 3 N–H and O–H groups in total. The third-order valence-corrected chi connectivity index (χ3v) is 4.10. The molecule has 142 valence electrons. The van der Waals surface area contributed by atoms with E-state index < -0.39 is 12.3 Å². The number of anilines is 1. The van der Waals surface area contributed by atoms with Crippen LogP contribution in [-0.2, 0) is 4.74 Å². The monoisotopic (exact) mass is 371 g/mol. The molecule has 0 fully saturated rings. The smallest absolute Gasteiger partial charge is 0.256 e. The van der Waals surface area contributed by atoms with Crippen LogP contribution in [0.3, 0.4) is 0 Å². The zero-order valence-corrected chi connectivity index (χ0v) is 14.8. The fraction of sp³-hybridized carbons (Fsp3) is 0.333. The molecule has 0 aliphatic rings. The predicted octanol–water partition coefficient (Wildman–Crippen LogP) is 1.36. The first kappa shape index (κ1) is 18.9. The molecular weight excluding hydrogens is 350 g/mol. The fourth-order valence-electron chi connectivity index (χ4n) is 2.61. The molecule has 0 spiro atoms. The van der Waals surface area contributed by atoms with Gasteiger partial charge in [0.25, 0.3) is 5.91 Å². The number of ether oxygens (including phenoxy) is 1. The summed E-state index contributed by atoms with van der Waals surface area (Å²) in [6, 6.07) is 8.76. The summed E-state index contributed by atoms with van der Waals surface area (Å²) in [7, 11) is 0. The Labute approximate surface area is 155 Å². The molecule has 9 heteroatoms. The van der Waals surface area contributed by atoms with Gasteiger partial charge in [-0.1, -0.05) is 25.1 Å². The van der Waals surface area contributed by atoms with E-state index in [0.717, 1.165) is 0 Å². The number of amides is 1. The maximum Gasteiger partial charge on any atom is 0.256 e. The molecule has 0 saturated heterocycles. The largest absolute Gasteiger partial charge is 0.394 e. The number of hydrogen-bond acceptors (Lipinski definition) is 7. The van der Waals surface area contributed by atoms with E-state index >= 15 is 0 Å². The van der Waals surface area contributed by atoms with Gasteiger partial charge < -0.3 is 20.3 Å². The highest BCUT2D eigenvalue weighted by Gasteiger charge is 2.21. The van der Waals surface area contributed by atoms with Crippen molar-refractivity contribution >= 4 is 22.9 Å². The summed E-state index contributed by atoms with van der Waals surface area (Å²) in [6.07, 6.45) is 2.17. The maximum atomic E-state index is 12.4. The summed E-state index contributed by atoms with van der Waals surface area (Å²) >= 11 is 0. The fourth-order valence-corrected chi connectivity index (χ4v) is 2.61. The average molecular weight is 371 g/mol. The van der Waals surface area contributed by atoms with Gasteiger partial charge in [0.2, 0.25) is 0 Å². The number of imidazole rings is 1. The summed E-state index contributed by atoms with van der Waals surface area (Å²) in [6.45, 7) is 1.39. The highest BCUT2D eigenvalue weighted by atomic mass is 16.5. The van der Waals surface area contributed by atoms with E-state index in [4.69, 9.17) is 4.74 Å². The second-order valence-corrected chi connectivity index (χ2v) is 5.85. The number of rotatable bonds is 8. The number of carbonyl (C=O) groups excluding carboxylic acids is 1. The highest BCUT2D eigenvalue weighted by Crippen LogP contribution is 2.23. The molecule has 0 aliphatic carbocycles. The standard InChI is InChI=1S/C18H21N5O4/c1-2-13(8-24)27-14(9-25)23-11-21-15-16(19-10-20-17(15)23)22-18(26)12-6-4-3-5-7-12/h3-7,10-11,13-14,24-25H,2,8-9H2,1H3,(H,19,20,22,26)/t13-,14-/m1/s1. The van der Waals surface area contributed by atoms with Crippen molar-refractivity contribution in [2.75, 3.05) is 18.5 Å². The van der Waals surface area contributed by atoms with Gasteiger partial charge in [0, 0.05) is 5.56 Å². The lowest BCUT2D eigenvalue weighted by Crippen LogP contribution is -2.25. The number of hydrogen-bond donors (Lipinski definition) is 3. The molecule has 2 heterocycles. The summed E-state index contributed by atoms with van der Waals surface area (Å²) in [5, 5.41) is 21.7. The molecular formula is C18H21N5O4. The van der Waals surface area contributed by atoms with E-state index in [2.05, 4.69) is 20.3 Å². The third-order valence-electron chi connectivity index (χ3n) is 4.10. The number of fused-ring (bicyclic) bond motifs is 1. The molecule has 9 nitrogen and oxygen atoms in total. The van der Waals surface area contributed by atoms with Crippen molar-refractivity contribution in [2.24, 2.45) is 0 Å². The summed E-state index contributed by atoms with van der Waals surface area (Å²) < 4.78 is 7.27. The lowest BCUT2D eigenvalue weighted by molar-refractivity contribution is -0.0955. The van der Waals surface area contributed by atoms with Crippen molar-refractivity contribution < 1.29 is 19.7 Å². The number of nitrogens with zero attached hydrogens (tertiary/aromatic N) is 4. The van der Waals surface area contributed by atoms with E-state index in [1.54, 1.807) is 28.8 Å². The highest BCUT2D eigenvalue weighted by molar-refractivity contribution is 6.06. The van der Waals surface area contributed by atoms with Crippen LogP contribution < -0.4 is 5.32 Å². The van der Waals surface area contributed by atoms with Gasteiger partial charge in [0.15, 0.2) is 23.2 Å². The number of benzene rings is 1. The predicted molar refractivity (Wildman–Crippen MR) is 98.1 cm³/mol. The van der Waals surface area contributed by atoms with Gasteiger partial charge in [-0.25, -0.2) is 15.0 Å². The van der Waals surface area contributed by atoms with Crippen LogP contribution in [0.2, 0.25) is 0 Å². The Hall–Kier alpha value is -2.88. The number of aliphatic hydroxyl groups is 2. The molecule has 27 heavy (non-hydrogen) atoms. The van der Waals surface area contributed by atoms with Crippen molar-refractivity contribution in [2.45, 2.75) is 25.7 Å². The van der Waals surface area contributed by atoms with Crippen molar-refractivity contribution in [1.82, 2.24) is 19.5 Å². The molecule has 0 aliphatic heterocycles. The minimum Gasteiger partial charge on any atom is -0.394 e. The van der Waals surface area contributed by atoms with Crippen LogP contribution in [0.15, 0.2) is 43.0 Å². The minimum atomic E-state index is -0.764. The molecule has 3 rings (SSSR count). The van der Waals surface area contributed by atoms with E-state index in [-0.39, 0.29) is 24.9 Å². The van der Waals surface area contributed by atoms with E-state index in [9.17, 15) is 15.0 Å². The molecule has 0 saturated carbocycles. The number of carbonyl (C=O) groups is 1. The number of nitrogens with one attached hydrogen (secondary N) is 1. The number of aliphatic hydroxyl groups excluding tert-OH is 2. The van der Waals surface area contributed by atoms with Crippen LogP contribution in [-0.4, -0.2) is 55.0 Å². The topological polar surface area (TPSA) is 122 Å². The minimum absolute atomic E-state index is 0.160. The lowest BCUT2D eigenvalue weighted by Gasteiger charge is -2.22. The van der Waals surface area contributed by atoms with Gasteiger partial charge in [-0.05, 0) is 18.6 Å². The zero-order valence-electron chi connectivity index (χ0n) is 14.8. The normalized spacial score (nSPS) is 13.4. The Bertz CT molecular complexity index is 895. The second-order valence-electron chi connectivity index (χ2n) is 5.85. The first-order chi connectivity index (χ1) is 13.2. The summed E-state index contributed by atoms with van der Waals surface area (Å²) in [5.41, 5.74) is 1.27. The first-order valence-electron chi connectivity index (χ1n) is 8.59. The van der Waals surface area contributed by atoms with E-state index in [0.29, 0.717) is 23.1 Å². The van der Waals surface area contributed by atoms with Crippen LogP contribution in [0.25, 0.3) is 11.2 Å². The Morgan fingerprint density at radius 2 is 1.96 bits per heavy atom. The molecule has 1 aromatic carbocycles. The van der Waals surface area contributed by atoms with Gasteiger partial charge in [-0.3, -0.25) is 9.36 Å². The molecule has 1 amide bonds. The molecule has 0 radical (unpaired) electrons. The molecule has 3 aromatic rings. The Morgan fingerprint density at radius 1 is 1.19 bits per heavy atom. The van der Waals surface area contributed by atoms with Crippen molar-refractivity contribution in [3.05, 3.63) is 48.5 Å². The van der Waals surface area contributed by atoms with Gasteiger partial charge in [-0.2, -0.15) is 0 Å². The Kier molecular flexibility index (Phi) is 6.07. The number of aromatic nitrogens is 4. The van der Waals surface area contributed by atoms with E-state index in [1.807, 2.05) is 13.0 Å². The maximum absolute atomic E-state index is 12.4. The average Bonchev–Trinajstić information content (AvgIpc) is 3.15. The van der Waals surface area contributed by atoms with Gasteiger partial charge in [-0.15, -0.1) is 0 Å². The van der Waals surface area contributed by atoms with Crippen molar-refractivity contribution in [1.29, 1.82) is 0 Å². The molecule has 2 aromatic heterocycles. The lowest BCUT2D eigenvalue weighted by atomic mass is 10.2. The van der Waals surface area contributed by atoms with Crippen LogP contribution in [0.1, 0.15) is 29.9 Å². The van der Waals surface area contributed by atoms with Gasteiger partial charge in [0.1, 0.15) is 6.33 Å². The zero-order chi connectivity index (χ0) is 19.2. The Balaban J connectivity index is 1.89. The Morgan fingerprint density at radius 3 is 2.63 bits per heavy atom. The molecule has 2 atom stereocenters. The van der Waals surface area contributed by atoms with Crippen LogP contribution >= 0.6 is 0 Å². The van der Waals surface area contributed by atoms with Crippen LogP contribution in [0.4, 0.5) is 5.82 Å². The summed E-state index contributed by atoms with van der Waals surface area (Å²) in [5.74, 6) is -0.0510. The van der Waals surface area contributed by atoms with Crippen LogP contribution in [0.5, 0.6) is 0 Å². The molecule has 0 unspecified atom stereocenters. The quantitative estimate of drug-likeness (QED) is 0.546. The molecule has 0 bridgehead atoms. The third kappa shape index (κ3) is 4.11. The van der Waals surface area contributed by atoms with Crippen molar-refractivity contribution in [3.8, 4) is 0 Å². The van der Waals surface area contributed by atoms with Crippen molar-refractivity contribution in [3.63, 3.8) is 0 Å². The summed E-state index contributed by atoms with van der Waals surface area (Å²) in [4.78, 5) is 24.9. The van der Waals surface area contributed by atoms with E-state index in [1.165, 1.54) is 12.7 Å². The van der Waals surface area contributed by atoms with Gasteiger partial charge >= 0.3 is 0 Å². The first-order valence-corrected chi connectivity index (χ1v) is 8.59.